The molecule has 5 amide bonds. The first-order valence-electron chi connectivity index (χ1n) is 26.9. The summed E-state index contributed by atoms with van der Waals surface area (Å²) in [5, 5.41) is 40.5. The first-order valence-corrected chi connectivity index (χ1v) is 32.5. The van der Waals surface area contributed by atoms with Crippen molar-refractivity contribution >= 4 is 104 Å². The number of carboxylic acids is 1. The zero-order valence-electron chi connectivity index (χ0n) is 48.4. The third kappa shape index (κ3) is 16.3. The smallest absolute Gasteiger partial charge is 0.478 e. The molecule has 37 heteroatoms. The number of nitrogens with one attached hydrogen (secondary N) is 3. The Balaban J connectivity index is 0.755. The van der Waals surface area contributed by atoms with Crippen LogP contribution in [0.4, 0.5) is 11.5 Å². The molecule has 12 N–H and O–H groups in total. The second-order valence-corrected chi connectivity index (χ2v) is 27.0. The normalized spacial score (nSPS) is 19.7. The fourth-order valence-electron chi connectivity index (χ4n) is 9.53. The van der Waals surface area contributed by atoms with E-state index in [1.54, 1.807) is 0 Å². The van der Waals surface area contributed by atoms with Gasteiger partial charge in [0, 0.05) is 104 Å². The maximum atomic E-state index is 13.7. The lowest BCUT2D eigenvalue weighted by atomic mass is 9.87. The predicted molar refractivity (Wildman–Crippen MR) is 316 cm³/mol. The highest BCUT2D eigenvalue weighted by molar-refractivity contribution is 8.00. The third-order valence-corrected chi connectivity index (χ3v) is 18.5. The molecule has 0 saturated carbocycles. The van der Waals surface area contributed by atoms with Gasteiger partial charge in [-0.3, -0.25) is 47.0 Å². The van der Waals surface area contributed by atoms with Gasteiger partial charge in [-0.2, -0.15) is 4.31 Å². The maximum absolute atomic E-state index is 13.7. The standard InChI is InChI=1S/C52H64N11O22P3S/c1-52(2,24-81-88(78,79)85-87(76,77)80-23-36-43(84-86(73,74)75)42(66)50(83-36)63-26-59-41-45(53)57-25-58-46(41)63)44(67)48(69)55-14-13-38(64)54-16-18-89-37-22-39(65)62(49(37)70)17-15-56-47(68)27-7-10-30(51(71)72)33(19-27)40-31-11-8-28(60(3)4)20-34(31)82-35-21-29(61(5)6)9-12-32(35)40/h7-12,19-21,25-26,36-37,42-44,50,66-67H,13-18,22-24H2,1-6H3,(H9-,53,54,55,56,57,58,64,68,69,71,72,73,74,75,76,77,78,79)/p+1. The van der Waals surface area contributed by atoms with Crippen LogP contribution < -0.4 is 36.5 Å². The first-order chi connectivity index (χ1) is 41.7. The Labute approximate surface area is 510 Å². The van der Waals surface area contributed by atoms with E-state index in [2.05, 4.69) is 39.7 Å². The number of ether oxygens (including phenoxy) is 1. The van der Waals surface area contributed by atoms with Gasteiger partial charge in [-0.15, -0.1) is 11.8 Å². The quantitative estimate of drug-likeness (QED) is 0.0113. The third-order valence-electron chi connectivity index (χ3n) is 14.1. The van der Waals surface area contributed by atoms with Crippen LogP contribution in [0.2, 0.25) is 0 Å². The minimum absolute atomic E-state index is 0.00658. The van der Waals surface area contributed by atoms with Crippen LogP contribution in [0.25, 0.3) is 44.6 Å². The molecule has 5 heterocycles. The number of nitrogens with two attached hydrogens (primary N) is 1. The summed E-state index contributed by atoms with van der Waals surface area (Å²) in [7, 11) is -9.09. The van der Waals surface area contributed by atoms with Crippen LogP contribution in [-0.2, 0) is 55.5 Å². The number of carbonyl (C=O) groups excluding carboxylic acids is 5. The van der Waals surface area contributed by atoms with E-state index >= 15 is 0 Å². The zero-order chi connectivity index (χ0) is 65.1. The molecule has 0 bridgehead atoms. The van der Waals surface area contributed by atoms with E-state index in [0.717, 1.165) is 44.9 Å². The average molecular weight is 1320 g/mol. The predicted octanol–water partition coefficient (Wildman–Crippen LogP) is 1.01. The Hall–Kier alpha value is -7.10. The molecule has 2 saturated heterocycles. The number of phosphoric ester groups is 3. The number of aromatic nitrogens is 4. The van der Waals surface area contributed by atoms with Crippen molar-refractivity contribution in [1.29, 1.82) is 0 Å². The monoisotopic (exact) mass is 1320 g/mol. The number of anilines is 2. The van der Waals surface area contributed by atoms with Crippen LogP contribution in [0.1, 0.15) is 53.6 Å². The van der Waals surface area contributed by atoms with Crippen molar-refractivity contribution in [2.24, 2.45) is 5.41 Å². The van der Waals surface area contributed by atoms with Gasteiger partial charge in [-0.1, -0.05) is 13.8 Å². The molecule has 8 rings (SSSR count). The fraction of sp³-hybridized carbons (Fsp3) is 0.423. The minimum Gasteiger partial charge on any atom is -0.478 e. The number of carboxylic acid groups (broad SMARTS) is 1. The van der Waals surface area contributed by atoms with Crippen LogP contribution in [0.15, 0.2) is 71.7 Å². The van der Waals surface area contributed by atoms with Crippen molar-refractivity contribution < 1.29 is 104 Å². The number of aromatic carboxylic acids is 1. The van der Waals surface area contributed by atoms with Gasteiger partial charge >= 0.3 is 29.4 Å². The van der Waals surface area contributed by atoms with Gasteiger partial charge in [-0.05, 0) is 42.0 Å². The van der Waals surface area contributed by atoms with Crippen LogP contribution in [0.5, 0.6) is 0 Å². The van der Waals surface area contributed by atoms with Crippen molar-refractivity contribution in [2.45, 2.75) is 62.6 Å². The van der Waals surface area contributed by atoms with Crippen molar-refractivity contribution in [2.75, 3.05) is 84.0 Å². The summed E-state index contributed by atoms with van der Waals surface area (Å²) in [6, 6.07) is 15.3. The molecule has 8 atom stereocenters. The van der Waals surface area contributed by atoms with Gasteiger partial charge < -0.3 is 70.6 Å². The van der Waals surface area contributed by atoms with Crippen LogP contribution >= 0.6 is 35.2 Å². The lowest BCUT2D eigenvalue weighted by molar-refractivity contribution is -0.138. The number of hydrogen-bond acceptors (Lipinski definition) is 23. The van der Waals surface area contributed by atoms with Gasteiger partial charge in [0.25, 0.3) is 5.91 Å². The molecule has 2 aromatic carbocycles. The number of aliphatic hydroxyl groups excluding tert-OH is 2. The number of rotatable bonds is 27. The Morgan fingerprint density at radius 2 is 1.65 bits per heavy atom. The van der Waals surface area contributed by atoms with Crippen LogP contribution in [0.3, 0.4) is 0 Å². The molecule has 33 nitrogen and oxygen atoms in total. The summed E-state index contributed by atoms with van der Waals surface area (Å²) in [6.07, 6.45) is -7.44. The number of fused-ring (bicyclic) bond motifs is 3. The van der Waals surface area contributed by atoms with E-state index < -0.39 is 113 Å². The average Bonchev–Trinajstić information content (AvgIpc) is 1.89. The number of hydrogen-bond donors (Lipinski definition) is 11. The number of likely N-dealkylation sites (tertiary alicyclic amines) is 1. The molecule has 1 aliphatic carbocycles. The number of nitrogen functional groups attached to an aromatic ring is 1. The summed E-state index contributed by atoms with van der Waals surface area (Å²) in [6.45, 7) is -0.211. The second kappa shape index (κ2) is 27.6. The second-order valence-electron chi connectivity index (χ2n) is 21.5. The SMILES string of the molecule is CN(C)c1ccc2c(-c3cc(C(=O)NCCN4C(=O)CC(SCCNC(=O)CCNC(=O)C(O)C(C)(C)COP(=O)(O)OP(=O)(O)OCC5OC(n6cnc7c(N)ncnc76)C(O)C5OP(=O)(O)O)C4=O)ccc3C(=O)O)c3ccc(=[N+](C)C)cc-3oc2c1. The summed E-state index contributed by atoms with van der Waals surface area (Å²) in [5.41, 5.74) is 6.97. The highest BCUT2D eigenvalue weighted by Crippen LogP contribution is 2.61. The Kier molecular flexibility index (Phi) is 21.0. The van der Waals surface area contributed by atoms with Crippen molar-refractivity contribution in [3.8, 4) is 22.5 Å². The molecular formula is C52H65N11O22P3S+. The molecule has 0 radical (unpaired) electrons. The lowest BCUT2D eigenvalue weighted by Crippen LogP contribution is -2.46. The number of imide groups is 1. The Morgan fingerprint density at radius 1 is 0.921 bits per heavy atom. The molecule has 4 aliphatic rings. The molecule has 4 aromatic rings. The molecule has 3 aliphatic heterocycles. The van der Waals surface area contributed by atoms with Gasteiger partial charge in [0.1, 0.15) is 61.7 Å². The minimum atomic E-state index is -5.64. The van der Waals surface area contributed by atoms with E-state index in [0.29, 0.717) is 27.9 Å². The zero-order valence-corrected chi connectivity index (χ0v) is 51.9. The molecule has 2 aromatic heterocycles. The van der Waals surface area contributed by atoms with E-state index in [1.807, 2.05) is 74.1 Å². The van der Waals surface area contributed by atoms with Crippen LogP contribution in [0, 0.1) is 5.41 Å². The van der Waals surface area contributed by atoms with Gasteiger partial charge in [0.05, 0.1) is 36.4 Å². The number of carbonyl (C=O) groups is 6. The summed E-state index contributed by atoms with van der Waals surface area (Å²) in [5.74, 6) is -3.74. The first kappa shape index (κ1) is 67.8. The van der Waals surface area contributed by atoms with Crippen molar-refractivity contribution in [3.05, 3.63) is 83.7 Å². The van der Waals surface area contributed by atoms with Gasteiger partial charge in [-0.25, -0.2) is 38.0 Å². The fourth-order valence-corrected chi connectivity index (χ4v) is 13.4. The van der Waals surface area contributed by atoms with Gasteiger partial charge in [0.15, 0.2) is 17.7 Å². The maximum Gasteiger partial charge on any atom is 0.481 e. The number of amides is 5. The number of nitrogens with zero attached hydrogens (tertiary/aromatic N) is 7. The highest BCUT2D eigenvalue weighted by Gasteiger charge is 2.50. The molecule has 8 unspecified atom stereocenters. The summed E-state index contributed by atoms with van der Waals surface area (Å²) >= 11 is 1.12. The molecule has 89 heavy (non-hydrogen) atoms. The topological polar surface area (TPSA) is 470 Å². The molecular weight excluding hydrogens is 1260 g/mol. The summed E-state index contributed by atoms with van der Waals surface area (Å²) < 4.78 is 71.1. The number of thioether (sulfide) groups is 1. The van der Waals surface area contributed by atoms with Gasteiger partial charge in [0.2, 0.25) is 29.0 Å². The van der Waals surface area contributed by atoms with E-state index in [1.165, 1.54) is 32.0 Å². The van der Waals surface area contributed by atoms with E-state index in [4.69, 9.17) is 23.9 Å². The van der Waals surface area contributed by atoms with E-state index in [9.17, 15) is 77.4 Å². The Morgan fingerprint density at radius 3 is 2.35 bits per heavy atom. The number of aliphatic hydroxyl groups is 2. The van der Waals surface area contributed by atoms with Crippen molar-refractivity contribution in [3.63, 3.8) is 0 Å². The lowest BCUT2D eigenvalue weighted by Gasteiger charge is -2.30. The molecule has 480 valence electrons. The number of benzene rings is 3. The molecule has 2 fully saturated rings. The van der Waals surface area contributed by atoms with Crippen molar-refractivity contribution in [1.82, 2.24) is 44.9 Å². The molecule has 0 spiro atoms. The Bertz CT molecular complexity index is 3910. The van der Waals surface area contributed by atoms with E-state index in [-0.39, 0.29) is 78.4 Å². The number of imidazole rings is 1. The highest BCUT2D eigenvalue weighted by atomic mass is 32.2. The summed E-state index contributed by atoms with van der Waals surface area (Å²) in [4.78, 5) is 133. The number of phosphoric acid groups is 3. The van der Waals surface area contributed by atoms with Crippen LogP contribution in [-0.4, -0.2) is 198 Å². The largest absolute Gasteiger partial charge is 0.481 e.